The molecule has 2 aliphatic rings. The molecule has 3 heterocycles. The molecule has 32 heavy (non-hydrogen) atoms. The summed E-state index contributed by atoms with van der Waals surface area (Å²) in [7, 11) is -1.78. The summed E-state index contributed by atoms with van der Waals surface area (Å²) in [5.41, 5.74) is 1.91. The second kappa shape index (κ2) is 8.15. The van der Waals surface area contributed by atoms with E-state index in [4.69, 9.17) is 9.72 Å². The van der Waals surface area contributed by atoms with E-state index in [1.165, 1.54) is 14.0 Å². The van der Waals surface area contributed by atoms with E-state index in [0.717, 1.165) is 12.8 Å². The van der Waals surface area contributed by atoms with Gasteiger partial charge in [0.15, 0.2) is 21.6 Å². The number of esters is 1. The first-order chi connectivity index (χ1) is 15.1. The molecule has 2 N–H and O–H groups in total. The predicted octanol–water partition coefficient (Wildman–Crippen LogP) is 0.978. The van der Waals surface area contributed by atoms with Gasteiger partial charge in [0.2, 0.25) is 0 Å². The quantitative estimate of drug-likeness (QED) is 0.623. The molecule has 4 rings (SSSR count). The van der Waals surface area contributed by atoms with E-state index < -0.39 is 33.8 Å². The lowest BCUT2D eigenvalue weighted by Crippen LogP contribution is -2.43. The van der Waals surface area contributed by atoms with Gasteiger partial charge in [-0.1, -0.05) is 0 Å². The van der Waals surface area contributed by atoms with Crippen molar-refractivity contribution in [2.45, 2.75) is 51.2 Å². The molecule has 12 heteroatoms. The first-order valence-corrected chi connectivity index (χ1v) is 12.3. The zero-order valence-corrected chi connectivity index (χ0v) is 18.9. The molecule has 0 radical (unpaired) electrons. The van der Waals surface area contributed by atoms with Crippen LogP contribution in [0.15, 0.2) is 6.07 Å². The number of hydrogen-bond acceptors (Lipinski definition) is 8. The predicted molar refractivity (Wildman–Crippen MR) is 114 cm³/mol. The monoisotopic (exact) mass is 463 g/mol. The van der Waals surface area contributed by atoms with E-state index in [2.05, 4.69) is 15.7 Å². The van der Waals surface area contributed by atoms with Gasteiger partial charge in [-0.15, -0.1) is 0 Å². The van der Waals surface area contributed by atoms with Crippen LogP contribution in [-0.4, -0.2) is 65.7 Å². The molecule has 1 aliphatic heterocycles. The zero-order chi connectivity index (χ0) is 23.2. The molecule has 0 bridgehead atoms. The van der Waals surface area contributed by atoms with Crippen LogP contribution in [0.4, 0.5) is 4.79 Å². The fourth-order valence-electron chi connectivity index (χ4n) is 3.86. The van der Waals surface area contributed by atoms with Gasteiger partial charge in [-0.05, 0) is 39.2 Å². The van der Waals surface area contributed by atoms with Crippen molar-refractivity contribution in [3.63, 3.8) is 0 Å². The number of pyridine rings is 1. The number of rotatable bonds is 5. The first-order valence-electron chi connectivity index (χ1n) is 10.4. The number of ether oxygens (including phenoxy) is 1. The van der Waals surface area contributed by atoms with E-state index >= 15 is 0 Å². The Morgan fingerprint density at radius 2 is 1.97 bits per heavy atom. The number of hydrogen-bond donors (Lipinski definition) is 2. The Kier molecular flexibility index (Phi) is 5.65. The molecule has 2 aromatic rings. The number of aromatic nitrogens is 3. The van der Waals surface area contributed by atoms with Crippen molar-refractivity contribution < 1.29 is 27.5 Å². The minimum atomic E-state index is -3.14. The molecule has 1 saturated heterocycles. The number of nitrogens with zero attached hydrogens (tertiary/aromatic N) is 3. The van der Waals surface area contributed by atoms with Gasteiger partial charge in [-0.25, -0.2) is 27.7 Å². The van der Waals surface area contributed by atoms with Crippen molar-refractivity contribution in [3.8, 4) is 0 Å². The number of imide groups is 1. The summed E-state index contributed by atoms with van der Waals surface area (Å²) in [6.45, 7) is 3.09. The highest BCUT2D eigenvalue weighted by molar-refractivity contribution is 7.91. The van der Waals surface area contributed by atoms with Gasteiger partial charge in [0, 0.05) is 18.7 Å². The second-order valence-corrected chi connectivity index (χ2v) is 10.5. The van der Waals surface area contributed by atoms with Crippen molar-refractivity contribution in [3.05, 3.63) is 23.0 Å². The molecule has 0 spiro atoms. The molecule has 172 valence electrons. The van der Waals surface area contributed by atoms with E-state index in [0.29, 0.717) is 28.8 Å². The Balaban J connectivity index is 1.70. The topological polar surface area (TPSA) is 149 Å². The maximum absolute atomic E-state index is 13.0. The van der Waals surface area contributed by atoms with Gasteiger partial charge in [0.25, 0.3) is 5.91 Å². The molecule has 2 fully saturated rings. The summed E-state index contributed by atoms with van der Waals surface area (Å²) < 4.78 is 30.9. The number of carbonyl (C=O) groups excluding carboxylic acids is 3. The van der Waals surface area contributed by atoms with Crippen molar-refractivity contribution in [2.75, 3.05) is 18.6 Å². The second-order valence-electron chi connectivity index (χ2n) is 8.27. The minimum Gasteiger partial charge on any atom is -0.449 e. The van der Waals surface area contributed by atoms with Crippen LogP contribution in [0.3, 0.4) is 0 Å². The van der Waals surface area contributed by atoms with E-state index in [9.17, 15) is 22.8 Å². The fourth-order valence-corrected chi connectivity index (χ4v) is 5.55. The minimum absolute atomic E-state index is 0.0188. The Hall–Kier alpha value is -3.02. The maximum Gasteiger partial charge on any atom is 0.339 e. The Bertz CT molecular complexity index is 1220. The van der Waals surface area contributed by atoms with Gasteiger partial charge in [-0.2, -0.15) is 5.10 Å². The number of sulfone groups is 1. The van der Waals surface area contributed by atoms with Crippen LogP contribution in [0.5, 0.6) is 0 Å². The van der Waals surface area contributed by atoms with Gasteiger partial charge in [0.1, 0.15) is 0 Å². The molecular formula is C20H25N5O6S. The van der Waals surface area contributed by atoms with Crippen LogP contribution in [0.1, 0.15) is 59.9 Å². The third kappa shape index (κ3) is 4.31. The Labute approximate surface area is 184 Å². The first kappa shape index (κ1) is 22.2. The van der Waals surface area contributed by atoms with E-state index in [1.807, 2.05) is 0 Å². The standard InChI is InChI=1S/C20H25N5O6S/c1-10-16-14(19(27)31-11(2)18(26)23-20(28)21-3)8-15(12-4-5-12)22-17(16)25(24-10)13-6-7-32(29,30)9-13/h8,11-13H,4-7,9H2,1-3H3,(H2,21,23,26,28). The van der Waals surface area contributed by atoms with E-state index in [1.54, 1.807) is 17.7 Å². The van der Waals surface area contributed by atoms with Gasteiger partial charge in [0.05, 0.1) is 34.2 Å². The third-order valence-electron chi connectivity index (χ3n) is 5.74. The molecule has 1 aliphatic carbocycles. The third-order valence-corrected chi connectivity index (χ3v) is 7.49. The lowest BCUT2D eigenvalue weighted by atomic mass is 10.1. The number of amides is 3. The largest absolute Gasteiger partial charge is 0.449 e. The number of aryl methyl sites for hydroxylation is 1. The van der Waals surface area contributed by atoms with Crippen LogP contribution < -0.4 is 10.6 Å². The Morgan fingerprint density at radius 1 is 1.25 bits per heavy atom. The van der Waals surface area contributed by atoms with Crippen LogP contribution in [0.25, 0.3) is 11.0 Å². The van der Waals surface area contributed by atoms with Crippen molar-refractivity contribution in [1.29, 1.82) is 0 Å². The summed E-state index contributed by atoms with van der Waals surface area (Å²) in [6, 6.07) is 0.610. The highest BCUT2D eigenvalue weighted by atomic mass is 32.2. The normalized spacial score (nSPS) is 20.7. The molecule has 2 atom stereocenters. The van der Waals surface area contributed by atoms with Crippen LogP contribution in [0.2, 0.25) is 0 Å². The smallest absolute Gasteiger partial charge is 0.339 e. The lowest BCUT2D eigenvalue weighted by Gasteiger charge is -2.14. The molecule has 3 amide bonds. The molecular weight excluding hydrogens is 438 g/mol. The molecule has 11 nitrogen and oxygen atoms in total. The van der Waals surface area contributed by atoms with Crippen molar-refractivity contribution >= 4 is 38.8 Å². The summed E-state index contributed by atoms with van der Waals surface area (Å²) in [6.07, 6.45) is 1.12. The highest BCUT2D eigenvalue weighted by Crippen LogP contribution is 2.41. The van der Waals surface area contributed by atoms with Gasteiger partial charge >= 0.3 is 12.0 Å². The fraction of sp³-hybridized carbons (Fsp3) is 0.550. The number of urea groups is 1. The number of carbonyl (C=O) groups is 3. The lowest BCUT2D eigenvalue weighted by molar-refractivity contribution is -0.127. The van der Waals surface area contributed by atoms with Crippen LogP contribution >= 0.6 is 0 Å². The highest BCUT2D eigenvalue weighted by Gasteiger charge is 2.34. The Morgan fingerprint density at radius 3 is 2.56 bits per heavy atom. The number of nitrogens with one attached hydrogen (secondary N) is 2. The summed E-state index contributed by atoms with van der Waals surface area (Å²) in [5, 5.41) is 9.32. The van der Waals surface area contributed by atoms with Crippen LogP contribution in [-0.2, 0) is 19.4 Å². The molecule has 1 saturated carbocycles. The summed E-state index contributed by atoms with van der Waals surface area (Å²) >= 11 is 0. The summed E-state index contributed by atoms with van der Waals surface area (Å²) in [4.78, 5) is 41.2. The SMILES string of the molecule is CNC(=O)NC(=O)C(C)OC(=O)c1cc(C2CC2)nc2c1c(C)nn2C1CCS(=O)(=O)C1. The van der Waals surface area contributed by atoms with Crippen molar-refractivity contribution in [2.24, 2.45) is 0 Å². The molecule has 2 unspecified atom stereocenters. The van der Waals surface area contributed by atoms with Gasteiger partial charge < -0.3 is 10.1 Å². The van der Waals surface area contributed by atoms with Gasteiger partial charge in [-0.3, -0.25) is 10.1 Å². The number of fused-ring (bicyclic) bond motifs is 1. The maximum atomic E-state index is 13.0. The average Bonchev–Trinajstić information content (AvgIpc) is 3.46. The van der Waals surface area contributed by atoms with Crippen molar-refractivity contribution in [1.82, 2.24) is 25.4 Å². The average molecular weight is 464 g/mol. The molecule has 0 aromatic carbocycles. The summed E-state index contributed by atoms with van der Waals surface area (Å²) in [5.74, 6) is -1.20. The van der Waals surface area contributed by atoms with Crippen LogP contribution in [0, 0.1) is 6.92 Å². The molecule has 2 aromatic heterocycles. The zero-order valence-electron chi connectivity index (χ0n) is 18.0. The van der Waals surface area contributed by atoms with E-state index in [-0.39, 0.29) is 29.0 Å².